The van der Waals surface area contributed by atoms with Gasteiger partial charge in [0.15, 0.2) is 0 Å². The van der Waals surface area contributed by atoms with E-state index < -0.39 is 0 Å². The minimum Gasteiger partial charge on any atom is -0.369 e. The van der Waals surface area contributed by atoms with E-state index in [1.807, 2.05) is 0 Å². The number of carbonyl (C=O) groups is 1. The van der Waals surface area contributed by atoms with E-state index >= 15 is 0 Å². The molecule has 20 heavy (non-hydrogen) atoms. The quantitative estimate of drug-likeness (QED) is 0.803. The Morgan fingerprint density at radius 3 is 2.75 bits per heavy atom. The van der Waals surface area contributed by atoms with Crippen molar-refractivity contribution in [2.75, 3.05) is 18.4 Å². The fraction of sp³-hybridized carbons (Fsp3) is 0.667. The maximum absolute atomic E-state index is 12.1. The summed E-state index contributed by atoms with van der Waals surface area (Å²) in [6.07, 6.45) is 9.01. The van der Waals surface area contributed by atoms with Gasteiger partial charge >= 0.3 is 0 Å². The summed E-state index contributed by atoms with van der Waals surface area (Å²) >= 11 is 0. The van der Waals surface area contributed by atoms with Crippen LogP contribution < -0.4 is 10.6 Å². The summed E-state index contributed by atoms with van der Waals surface area (Å²) < 4.78 is 0. The van der Waals surface area contributed by atoms with Gasteiger partial charge < -0.3 is 10.6 Å². The summed E-state index contributed by atoms with van der Waals surface area (Å²) in [6, 6.07) is 0. The molecule has 1 fully saturated rings. The minimum absolute atomic E-state index is 0.127. The van der Waals surface area contributed by atoms with Crippen molar-refractivity contribution in [3.63, 3.8) is 0 Å². The predicted molar refractivity (Wildman–Crippen MR) is 79.7 cm³/mol. The molecule has 0 bridgehead atoms. The first-order valence-electron chi connectivity index (χ1n) is 7.53. The Balaban J connectivity index is 1.91. The van der Waals surface area contributed by atoms with Crippen LogP contribution in [0.4, 0.5) is 5.82 Å². The van der Waals surface area contributed by atoms with E-state index in [1.54, 1.807) is 6.20 Å². The molecule has 1 aliphatic rings. The van der Waals surface area contributed by atoms with Crippen LogP contribution in [0.5, 0.6) is 0 Å². The third kappa shape index (κ3) is 3.46. The molecule has 5 heteroatoms. The largest absolute Gasteiger partial charge is 0.369 e. The predicted octanol–water partition coefficient (Wildman–Crippen LogP) is 2.61. The van der Waals surface area contributed by atoms with Crippen molar-refractivity contribution in [2.24, 2.45) is 5.41 Å². The van der Waals surface area contributed by atoms with Crippen LogP contribution >= 0.6 is 0 Å². The highest BCUT2D eigenvalue weighted by Crippen LogP contribution is 2.43. The average Bonchev–Trinajstić information content (AvgIpc) is 2.44. The summed E-state index contributed by atoms with van der Waals surface area (Å²) in [4.78, 5) is 20.5. The maximum atomic E-state index is 12.1. The Labute approximate surface area is 120 Å². The third-order valence-corrected chi connectivity index (χ3v) is 4.21. The minimum atomic E-state index is -0.127. The van der Waals surface area contributed by atoms with Gasteiger partial charge in [0.2, 0.25) is 0 Å². The summed E-state index contributed by atoms with van der Waals surface area (Å²) in [5.74, 6) is 0.533. The van der Waals surface area contributed by atoms with E-state index in [0.717, 1.165) is 25.9 Å². The zero-order valence-corrected chi connectivity index (χ0v) is 12.4. The van der Waals surface area contributed by atoms with E-state index in [2.05, 4.69) is 34.4 Å². The maximum Gasteiger partial charge on any atom is 0.271 e. The van der Waals surface area contributed by atoms with Crippen molar-refractivity contribution in [1.29, 1.82) is 0 Å². The van der Waals surface area contributed by atoms with Crippen LogP contribution in [0.1, 0.15) is 56.4 Å². The number of nitrogens with zero attached hydrogens (tertiary/aromatic N) is 2. The third-order valence-electron chi connectivity index (χ3n) is 4.21. The van der Waals surface area contributed by atoms with Crippen molar-refractivity contribution in [3.05, 3.63) is 18.1 Å². The molecule has 2 rings (SSSR count). The van der Waals surface area contributed by atoms with Gasteiger partial charge in [-0.2, -0.15) is 0 Å². The zero-order chi connectivity index (χ0) is 14.4. The topological polar surface area (TPSA) is 66.9 Å². The van der Waals surface area contributed by atoms with Gasteiger partial charge in [-0.1, -0.05) is 20.3 Å². The molecular weight excluding hydrogens is 252 g/mol. The molecule has 1 aromatic heterocycles. The SMILES string of the molecule is CCCNc1cncc(C(=O)NCC2(CC)CCC2)n1. The lowest BCUT2D eigenvalue weighted by molar-refractivity contribution is 0.0845. The molecule has 5 nitrogen and oxygen atoms in total. The van der Waals surface area contributed by atoms with Crippen molar-refractivity contribution in [2.45, 2.75) is 46.0 Å². The Bertz CT molecular complexity index is 451. The molecule has 110 valence electrons. The number of anilines is 1. The number of hydrogen-bond donors (Lipinski definition) is 2. The first-order valence-corrected chi connectivity index (χ1v) is 7.53. The van der Waals surface area contributed by atoms with Crippen molar-refractivity contribution >= 4 is 11.7 Å². The van der Waals surface area contributed by atoms with E-state index in [4.69, 9.17) is 0 Å². The molecule has 0 atom stereocenters. The van der Waals surface area contributed by atoms with Crippen LogP contribution in [0.15, 0.2) is 12.4 Å². The number of hydrogen-bond acceptors (Lipinski definition) is 4. The van der Waals surface area contributed by atoms with E-state index in [9.17, 15) is 4.79 Å². The van der Waals surface area contributed by atoms with Crippen LogP contribution in [0.25, 0.3) is 0 Å². The monoisotopic (exact) mass is 276 g/mol. The number of carbonyl (C=O) groups excluding carboxylic acids is 1. The molecule has 0 saturated heterocycles. The first kappa shape index (κ1) is 14.8. The standard InChI is InChI=1S/C15H24N4O/c1-3-8-17-13-10-16-9-12(19-13)14(20)18-11-15(4-2)6-5-7-15/h9-10H,3-8,11H2,1-2H3,(H,17,19)(H,18,20). The van der Waals surface area contributed by atoms with Gasteiger partial charge in [0.25, 0.3) is 5.91 Å². The van der Waals surface area contributed by atoms with Crippen LogP contribution in [0, 0.1) is 5.41 Å². The lowest BCUT2D eigenvalue weighted by Gasteiger charge is -2.41. The van der Waals surface area contributed by atoms with Gasteiger partial charge in [0.1, 0.15) is 11.5 Å². The van der Waals surface area contributed by atoms with Crippen LogP contribution in [0.3, 0.4) is 0 Å². The average molecular weight is 276 g/mol. The Hall–Kier alpha value is -1.65. The van der Waals surface area contributed by atoms with E-state index in [-0.39, 0.29) is 5.91 Å². The summed E-state index contributed by atoms with van der Waals surface area (Å²) in [7, 11) is 0. The molecule has 0 spiro atoms. The van der Waals surface area contributed by atoms with Crippen molar-refractivity contribution in [3.8, 4) is 0 Å². The molecule has 0 aromatic carbocycles. The fourth-order valence-corrected chi connectivity index (χ4v) is 2.50. The summed E-state index contributed by atoms with van der Waals surface area (Å²) in [6.45, 7) is 5.86. The smallest absolute Gasteiger partial charge is 0.271 e. The molecule has 1 amide bonds. The second-order valence-electron chi connectivity index (χ2n) is 5.61. The van der Waals surface area contributed by atoms with Crippen LogP contribution in [0.2, 0.25) is 0 Å². The second-order valence-corrected chi connectivity index (χ2v) is 5.61. The molecule has 0 unspecified atom stereocenters. The molecule has 2 N–H and O–H groups in total. The molecule has 0 radical (unpaired) electrons. The molecule has 0 aliphatic heterocycles. The zero-order valence-electron chi connectivity index (χ0n) is 12.4. The summed E-state index contributed by atoms with van der Waals surface area (Å²) in [5.41, 5.74) is 0.706. The highest BCUT2D eigenvalue weighted by molar-refractivity contribution is 5.92. The van der Waals surface area contributed by atoms with Gasteiger partial charge in [-0.3, -0.25) is 9.78 Å². The summed E-state index contributed by atoms with van der Waals surface area (Å²) in [5, 5.41) is 6.15. The van der Waals surface area contributed by atoms with Gasteiger partial charge in [-0.15, -0.1) is 0 Å². The molecular formula is C15H24N4O. The van der Waals surface area contributed by atoms with E-state index in [0.29, 0.717) is 16.9 Å². The van der Waals surface area contributed by atoms with Crippen molar-refractivity contribution < 1.29 is 4.79 Å². The molecule has 1 heterocycles. The Kier molecular flexibility index (Phi) is 4.93. The van der Waals surface area contributed by atoms with Crippen LogP contribution in [-0.4, -0.2) is 29.0 Å². The van der Waals surface area contributed by atoms with Gasteiger partial charge in [-0.05, 0) is 31.1 Å². The van der Waals surface area contributed by atoms with Crippen LogP contribution in [-0.2, 0) is 0 Å². The number of rotatable bonds is 7. The lowest BCUT2D eigenvalue weighted by Crippen LogP contribution is -2.41. The molecule has 1 saturated carbocycles. The number of nitrogens with one attached hydrogen (secondary N) is 2. The van der Waals surface area contributed by atoms with Gasteiger partial charge in [-0.25, -0.2) is 4.98 Å². The fourth-order valence-electron chi connectivity index (χ4n) is 2.50. The Morgan fingerprint density at radius 2 is 2.15 bits per heavy atom. The lowest BCUT2D eigenvalue weighted by atomic mass is 9.67. The Morgan fingerprint density at radius 1 is 1.35 bits per heavy atom. The number of amides is 1. The highest BCUT2D eigenvalue weighted by Gasteiger charge is 2.35. The molecule has 1 aromatic rings. The molecule has 1 aliphatic carbocycles. The van der Waals surface area contributed by atoms with Gasteiger partial charge in [0.05, 0.1) is 12.4 Å². The van der Waals surface area contributed by atoms with E-state index in [1.165, 1.54) is 25.5 Å². The van der Waals surface area contributed by atoms with Gasteiger partial charge in [0, 0.05) is 13.1 Å². The second kappa shape index (κ2) is 6.68. The highest BCUT2D eigenvalue weighted by atomic mass is 16.1. The number of aromatic nitrogens is 2. The van der Waals surface area contributed by atoms with Crippen molar-refractivity contribution in [1.82, 2.24) is 15.3 Å². The first-order chi connectivity index (χ1) is 9.69. The normalized spacial score (nSPS) is 16.3.